The van der Waals surface area contributed by atoms with Crippen molar-refractivity contribution in [3.63, 3.8) is 0 Å². The maximum atomic E-state index is 11.8. The molecule has 5 rings (SSSR count). The van der Waals surface area contributed by atoms with Gasteiger partial charge in [0.15, 0.2) is 5.82 Å². The van der Waals surface area contributed by atoms with Gasteiger partial charge in [-0.3, -0.25) is 0 Å². The van der Waals surface area contributed by atoms with Crippen LogP contribution in [0.25, 0.3) is 11.3 Å². The average Bonchev–Trinajstić information content (AvgIpc) is 3.20. The third-order valence-corrected chi connectivity index (χ3v) is 6.93. The predicted molar refractivity (Wildman–Crippen MR) is 153 cm³/mol. The highest BCUT2D eigenvalue weighted by Crippen LogP contribution is 2.39. The van der Waals surface area contributed by atoms with Gasteiger partial charge in [0, 0.05) is 36.9 Å². The molecule has 2 aliphatic heterocycles. The molecule has 2 saturated heterocycles. The third-order valence-electron chi connectivity index (χ3n) is 6.93. The lowest BCUT2D eigenvalue weighted by atomic mass is 10.1. The summed E-state index contributed by atoms with van der Waals surface area (Å²) >= 11 is 0. The molecule has 2 aromatic heterocycles. The Morgan fingerprint density at radius 3 is 2.77 bits per heavy atom. The van der Waals surface area contributed by atoms with E-state index in [0.29, 0.717) is 28.9 Å². The van der Waals surface area contributed by atoms with Crippen LogP contribution in [0.3, 0.4) is 0 Å². The van der Waals surface area contributed by atoms with Crippen LogP contribution in [0.4, 0.5) is 22.1 Å². The molecule has 0 radical (unpaired) electrons. The molecule has 2 unspecified atom stereocenters. The van der Waals surface area contributed by atoms with Crippen molar-refractivity contribution in [2.45, 2.75) is 57.7 Å². The number of alkyl carbamates (subject to hydrolysis) is 1. The second-order valence-corrected chi connectivity index (χ2v) is 10.9. The van der Waals surface area contributed by atoms with Gasteiger partial charge >= 0.3 is 6.09 Å². The Kier molecular flexibility index (Phi) is 7.60. The standard InChI is InChI=1S/C29H34N8O3/c1-29(2,3)40-28(39)32-14-6-9-25-31-15-12-26(33-25)36-16-13-19-10-11-20(18-36)37(19)23-17-22(34-35-27(23)30)21-7-4-5-8-24(21)38/h4-5,7-8,12,15,17,19-20,38H,10-11,13-14,16,18H2,1-3H3,(H2,30,35)(H,32,39). The summed E-state index contributed by atoms with van der Waals surface area (Å²) in [5.74, 6) is 7.55. The summed E-state index contributed by atoms with van der Waals surface area (Å²) < 4.78 is 5.22. The molecule has 4 N–H and O–H groups in total. The fourth-order valence-corrected chi connectivity index (χ4v) is 5.24. The Hall–Kier alpha value is -4.59. The van der Waals surface area contributed by atoms with E-state index in [9.17, 15) is 9.90 Å². The number of nitrogen functional groups attached to an aromatic ring is 1. The number of carbonyl (C=O) groups excluding carboxylic acids is 1. The highest BCUT2D eigenvalue weighted by atomic mass is 16.6. The van der Waals surface area contributed by atoms with E-state index in [2.05, 4.69) is 47.1 Å². The first-order chi connectivity index (χ1) is 19.2. The third kappa shape index (κ3) is 6.17. The largest absolute Gasteiger partial charge is 0.507 e. The number of aromatic nitrogens is 4. The molecule has 0 aliphatic carbocycles. The molecule has 1 aromatic carbocycles. The molecule has 208 valence electrons. The van der Waals surface area contributed by atoms with E-state index in [1.54, 1.807) is 18.3 Å². The van der Waals surface area contributed by atoms with E-state index in [1.165, 1.54) is 0 Å². The van der Waals surface area contributed by atoms with Crippen LogP contribution in [-0.2, 0) is 4.74 Å². The number of benzene rings is 1. The SMILES string of the molecule is CC(C)(C)OC(=O)NCC#Cc1nccc(N2CCC3CCC(C2)N3c2cc(-c3ccccc3O)nnc2N)n1. The first-order valence-electron chi connectivity index (χ1n) is 13.4. The normalized spacial score (nSPS) is 18.5. The number of carbonyl (C=O) groups is 1. The molecule has 11 heteroatoms. The predicted octanol–water partition coefficient (Wildman–Crippen LogP) is 3.35. The quantitative estimate of drug-likeness (QED) is 0.420. The van der Waals surface area contributed by atoms with Crippen LogP contribution in [0.15, 0.2) is 42.6 Å². The Bertz CT molecular complexity index is 1440. The summed E-state index contributed by atoms with van der Waals surface area (Å²) in [4.78, 5) is 25.4. The number of aromatic hydroxyl groups is 1. The monoisotopic (exact) mass is 542 g/mol. The van der Waals surface area contributed by atoms with Crippen LogP contribution in [0, 0.1) is 11.8 Å². The molecular formula is C29H34N8O3. The summed E-state index contributed by atoms with van der Waals surface area (Å²) in [7, 11) is 0. The van der Waals surface area contributed by atoms with Crippen molar-refractivity contribution in [3.8, 4) is 28.8 Å². The van der Waals surface area contributed by atoms with E-state index in [4.69, 9.17) is 10.5 Å². The summed E-state index contributed by atoms with van der Waals surface area (Å²) in [6.45, 7) is 7.14. The Balaban J connectivity index is 1.30. The zero-order valence-corrected chi connectivity index (χ0v) is 23.0. The number of nitrogens with two attached hydrogens (primary N) is 1. The number of ether oxygens (including phenoxy) is 1. The van der Waals surface area contributed by atoms with E-state index in [-0.39, 0.29) is 18.3 Å². The number of para-hydroxylation sites is 1. The van der Waals surface area contributed by atoms with Gasteiger partial charge in [-0.25, -0.2) is 14.8 Å². The van der Waals surface area contributed by atoms with Crippen LogP contribution in [-0.4, -0.2) is 68.7 Å². The lowest BCUT2D eigenvalue weighted by Gasteiger charge is -2.31. The smallest absolute Gasteiger partial charge is 0.408 e. The second kappa shape index (κ2) is 11.3. The van der Waals surface area contributed by atoms with Crippen molar-refractivity contribution < 1.29 is 14.6 Å². The minimum atomic E-state index is -0.566. The highest BCUT2D eigenvalue weighted by Gasteiger charge is 2.39. The van der Waals surface area contributed by atoms with Crippen LogP contribution < -0.4 is 20.9 Å². The van der Waals surface area contributed by atoms with Gasteiger partial charge in [0.1, 0.15) is 17.2 Å². The van der Waals surface area contributed by atoms with Crippen LogP contribution in [0.2, 0.25) is 0 Å². The molecule has 1 amide bonds. The first kappa shape index (κ1) is 27.0. The topological polar surface area (TPSA) is 143 Å². The molecule has 2 fully saturated rings. The number of phenolic OH excluding ortho intramolecular Hbond substituents is 1. The second-order valence-electron chi connectivity index (χ2n) is 10.9. The Labute approximate surface area is 233 Å². The molecule has 3 aromatic rings. The van der Waals surface area contributed by atoms with Crippen LogP contribution in [0.5, 0.6) is 5.75 Å². The van der Waals surface area contributed by atoms with Gasteiger partial charge in [-0.1, -0.05) is 18.1 Å². The van der Waals surface area contributed by atoms with Crippen LogP contribution in [0.1, 0.15) is 45.9 Å². The van der Waals surface area contributed by atoms with E-state index >= 15 is 0 Å². The van der Waals surface area contributed by atoms with Crippen molar-refractivity contribution in [1.82, 2.24) is 25.5 Å². The minimum Gasteiger partial charge on any atom is -0.507 e. The lowest BCUT2D eigenvalue weighted by Crippen LogP contribution is -2.40. The number of rotatable bonds is 4. The number of amides is 1. The molecule has 40 heavy (non-hydrogen) atoms. The maximum Gasteiger partial charge on any atom is 0.408 e. The summed E-state index contributed by atoms with van der Waals surface area (Å²) in [5.41, 5.74) is 7.83. The molecule has 2 aliphatic rings. The number of hydrogen-bond donors (Lipinski definition) is 3. The van der Waals surface area contributed by atoms with Crippen molar-refractivity contribution in [2.24, 2.45) is 0 Å². The molecular weight excluding hydrogens is 508 g/mol. The summed E-state index contributed by atoms with van der Waals surface area (Å²) in [6.07, 6.45) is 4.20. The molecule has 2 atom stereocenters. The van der Waals surface area contributed by atoms with Gasteiger partial charge in [0.05, 0.1) is 17.9 Å². The van der Waals surface area contributed by atoms with Crippen molar-refractivity contribution >= 4 is 23.4 Å². The molecule has 11 nitrogen and oxygen atoms in total. The van der Waals surface area contributed by atoms with Gasteiger partial charge in [-0.05, 0) is 70.2 Å². The van der Waals surface area contributed by atoms with Gasteiger partial charge < -0.3 is 30.7 Å². The Morgan fingerprint density at radius 2 is 1.98 bits per heavy atom. The number of anilines is 3. The Morgan fingerprint density at radius 1 is 1.18 bits per heavy atom. The van der Waals surface area contributed by atoms with Crippen molar-refractivity contribution in [1.29, 1.82) is 0 Å². The number of hydrogen-bond acceptors (Lipinski definition) is 10. The van der Waals surface area contributed by atoms with E-state index < -0.39 is 11.7 Å². The van der Waals surface area contributed by atoms with Crippen molar-refractivity contribution in [2.75, 3.05) is 35.2 Å². The minimum absolute atomic E-state index is 0.134. The highest BCUT2D eigenvalue weighted by molar-refractivity contribution is 5.75. The number of fused-ring (bicyclic) bond motifs is 2. The van der Waals surface area contributed by atoms with Gasteiger partial charge in [0.25, 0.3) is 0 Å². The molecule has 2 bridgehead atoms. The molecule has 4 heterocycles. The first-order valence-corrected chi connectivity index (χ1v) is 13.4. The summed E-state index contributed by atoms with van der Waals surface area (Å²) in [5, 5.41) is 21.5. The zero-order valence-electron chi connectivity index (χ0n) is 23.0. The number of nitrogens with one attached hydrogen (secondary N) is 1. The van der Waals surface area contributed by atoms with Gasteiger partial charge in [0.2, 0.25) is 5.82 Å². The fraction of sp³-hybridized carbons (Fsp3) is 0.414. The van der Waals surface area contributed by atoms with E-state index in [1.807, 2.05) is 45.0 Å². The van der Waals surface area contributed by atoms with E-state index in [0.717, 1.165) is 43.9 Å². The lowest BCUT2D eigenvalue weighted by molar-refractivity contribution is 0.0535. The molecule has 0 spiro atoms. The van der Waals surface area contributed by atoms with Crippen LogP contribution >= 0.6 is 0 Å². The fourth-order valence-electron chi connectivity index (χ4n) is 5.24. The van der Waals surface area contributed by atoms with Crippen molar-refractivity contribution in [3.05, 3.63) is 48.4 Å². The molecule has 0 saturated carbocycles. The van der Waals surface area contributed by atoms with Gasteiger partial charge in [-0.15, -0.1) is 10.2 Å². The number of phenols is 1. The maximum absolute atomic E-state index is 11.8. The van der Waals surface area contributed by atoms with Gasteiger partial charge in [-0.2, -0.15) is 0 Å². The number of nitrogens with zero attached hydrogens (tertiary/aromatic N) is 6. The average molecular weight is 543 g/mol. The zero-order chi connectivity index (χ0) is 28.3. The summed E-state index contributed by atoms with van der Waals surface area (Å²) in [6, 6.07) is 11.4.